The van der Waals surface area contributed by atoms with Crippen molar-refractivity contribution in [1.82, 2.24) is 10.3 Å². The zero-order valence-corrected chi connectivity index (χ0v) is 12.1. The topological polar surface area (TPSA) is 63.2 Å². The molecule has 0 aromatic carbocycles. The molecule has 19 heavy (non-hydrogen) atoms. The lowest BCUT2D eigenvalue weighted by atomic mass is 10.2. The maximum atomic E-state index is 11.7. The molecule has 0 saturated heterocycles. The van der Waals surface area contributed by atoms with Crippen molar-refractivity contribution in [2.75, 3.05) is 32.1 Å². The predicted molar refractivity (Wildman–Crippen MR) is 76.7 cm³/mol. The van der Waals surface area contributed by atoms with E-state index in [4.69, 9.17) is 4.74 Å². The number of carbonyl (C=O) groups is 1. The second-order valence-corrected chi connectivity index (χ2v) is 5.75. The van der Waals surface area contributed by atoms with Crippen LogP contribution in [-0.4, -0.2) is 37.7 Å². The normalized spacial score (nSPS) is 14.8. The third kappa shape index (κ3) is 4.56. The first-order valence-corrected chi connectivity index (χ1v) is 7.59. The van der Waals surface area contributed by atoms with Gasteiger partial charge in [0, 0.05) is 18.5 Å². The number of carbonyl (C=O) groups excluding carboxylic acids is 1. The summed E-state index contributed by atoms with van der Waals surface area (Å²) >= 11 is 1.63. The second kappa shape index (κ2) is 7.57. The van der Waals surface area contributed by atoms with E-state index in [2.05, 4.69) is 15.6 Å². The highest BCUT2D eigenvalue weighted by molar-refractivity contribution is 7.15. The van der Waals surface area contributed by atoms with Crippen molar-refractivity contribution in [3.8, 4) is 0 Å². The first-order chi connectivity index (χ1) is 9.29. The minimum Gasteiger partial charge on any atom is -0.383 e. The lowest BCUT2D eigenvalue weighted by Gasteiger charge is -2.03. The molecule has 6 heteroatoms. The van der Waals surface area contributed by atoms with Crippen molar-refractivity contribution in [2.45, 2.75) is 32.1 Å². The lowest BCUT2D eigenvalue weighted by molar-refractivity contribution is -0.115. The number of fused-ring (bicyclic) bond motifs is 1. The van der Waals surface area contributed by atoms with E-state index in [9.17, 15) is 4.79 Å². The molecule has 106 valence electrons. The lowest BCUT2D eigenvalue weighted by Crippen LogP contribution is -2.30. The molecule has 2 N–H and O–H groups in total. The van der Waals surface area contributed by atoms with Crippen molar-refractivity contribution < 1.29 is 9.53 Å². The highest BCUT2D eigenvalue weighted by Crippen LogP contribution is 2.28. The quantitative estimate of drug-likeness (QED) is 0.615. The van der Waals surface area contributed by atoms with Crippen molar-refractivity contribution in [1.29, 1.82) is 0 Å². The summed E-state index contributed by atoms with van der Waals surface area (Å²) in [4.78, 5) is 17.6. The van der Waals surface area contributed by atoms with Crippen LogP contribution in [0.15, 0.2) is 0 Å². The number of nitrogens with one attached hydrogen (secondary N) is 2. The number of rotatable bonds is 6. The van der Waals surface area contributed by atoms with Gasteiger partial charge in [-0.05, 0) is 25.7 Å². The Hall–Kier alpha value is -0.980. The van der Waals surface area contributed by atoms with E-state index in [1.54, 1.807) is 18.4 Å². The van der Waals surface area contributed by atoms with Crippen LogP contribution in [0.25, 0.3) is 0 Å². The first kappa shape index (κ1) is 14.4. The predicted octanol–water partition coefficient (Wildman–Crippen LogP) is 1.59. The average Bonchev–Trinajstić information content (AvgIpc) is 2.64. The number of ether oxygens (including phenoxy) is 1. The fraction of sp³-hybridized carbons (Fsp3) is 0.692. The van der Waals surface area contributed by atoms with Crippen molar-refractivity contribution in [3.63, 3.8) is 0 Å². The van der Waals surface area contributed by atoms with Crippen LogP contribution in [0, 0.1) is 0 Å². The number of methoxy groups -OCH3 is 1. The Labute approximate surface area is 117 Å². The molecule has 1 aliphatic carbocycles. The van der Waals surface area contributed by atoms with E-state index < -0.39 is 0 Å². The van der Waals surface area contributed by atoms with E-state index in [-0.39, 0.29) is 5.91 Å². The molecule has 0 radical (unpaired) electrons. The molecule has 0 fully saturated rings. The third-order valence-corrected chi connectivity index (χ3v) is 4.18. The molecule has 1 aromatic rings. The SMILES string of the molecule is COCCNCC(=O)Nc1nc2c(s1)CCCCC2. The molecule has 1 heterocycles. The molecular formula is C13H21N3O2S. The van der Waals surface area contributed by atoms with Gasteiger partial charge >= 0.3 is 0 Å². The molecule has 0 spiro atoms. The fourth-order valence-corrected chi connectivity index (χ4v) is 3.19. The van der Waals surface area contributed by atoms with Crippen LogP contribution in [-0.2, 0) is 22.4 Å². The van der Waals surface area contributed by atoms with Crippen molar-refractivity contribution in [3.05, 3.63) is 10.6 Å². The largest absolute Gasteiger partial charge is 0.383 e. The summed E-state index contributed by atoms with van der Waals surface area (Å²) in [6.07, 6.45) is 5.89. The van der Waals surface area contributed by atoms with Gasteiger partial charge in [-0.3, -0.25) is 4.79 Å². The van der Waals surface area contributed by atoms with Crippen LogP contribution in [0.2, 0.25) is 0 Å². The zero-order chi connectivity index (χ0) is 13.5. The van der Waals surface area contributed by atoms with E-state index in [1.807, 2.05) is 0 Å². The van der Waals surface area contributed by atoms with Gasteiger partial charge in [0.2, 0.25) is 5.91 Å². The summed E-state index contributed by atoms with van der Waals surface area (Å²) in [5, 5.41) is 6.62. The van der Waals surface area contributed by atoms with Crippen molar-refractivity contribution >= 4 is 22.4 Å². The van der Waals surface area contributed by atoms with Crippen LogP contribution in [0.5, 0.6) is 0 Å². The highest BCUT2D eigenvalue weighted by Gasteiger charge is 2.15. The molecule has 0 aliphatic heterocycles. The Kier molecular flexibility index (Phi) is 5.75. The zero-order valence-electron chi connectivity index (χ0n) is 11.3. The van der Waals surface area contributed by atoms with E-state index in [0.717, 1.165) is 18.0 Å². The minimum absolute atomic E-state index is 0.0417. The summed E-state index contributed by atoms with van der Waals surface area (Å²) in [6, 6.07) is 0. The maximum absolute atomic E-state index is 11.7. The van der Waals surface area contributed by atoms with Gasteiger partial charge in [0.1, 0.15) is 0 Å². The van der Waals surface area contributed by atoms with Crippen LogP contribution in [0.1, 0.15) is 29.8 Å². The Morgan fingerprint density at radius 3 is 3.05 bits per heavy atom. The maximum Gasteiger partial charge on any atom is 0.240 e. The molecule has 1 aromatic heterocycles. The summed E-state index contributed by atoms with van der Waals surface area (Å²) in [5.41, 5.74) is 1.19. The Balaban J connectivity index is 1.80. The highest BCUT2D eigenvalue weighted by atomic mass is 32.1. The summed E-state index contributed by atoms with van der Waals surface area (Å²) in [7, 11) is 1.64. The molecule has 1 aliphatic rings. The Bertz CT molecular complexity index is 397. The average molecular weight is 283 g/mol. The number of hydrogen-bond donors (Lipinski definition) is 2. The van der Waals surface area contributed by atoms with Crippen LogP contribution < -0.4 is 10.6 Å². The second-order valence-electron chi connectivity index (χ2n) is 4.67. The van der Waals surface area contributed by atoms with Gasteiger partial charge in [-0.1, -0.05) is 6.42 Å². The van der Waals surface area contributed by atoms with Gasteiger partial charge in [-0.25, -0.2) is 4.98 Å². The monoisotopic (exact) mass is 283 g/mol. The Morgan fingerprint density at radius 1 is 1.37 bits per heavy atom. The van der Waals surface area contributed by atoms with Gasteiger partial charge in [0.05, 0.1) is 18.8 Å². The molecule has 1 amide bonds. The summed E-state index contributed by atoms with van der Waals surface area (Å²) in [5.74, 6) is -0.0417. The fourth-order valence-electron chi connectivity index (χ4n) is 2.12. The molecule has 0 saturated carbocycles. The van der Waals surface area contributed by atoms with E-state index in [1.165, 1.54) is 29.8 Å². The van der Waals surface area contributed by atoms with Crippen LogP contribution in [0.4, 0.5) is 5.13 Å². The van der Waals surface area contributed by atoms with Crippen LogP contribution >= 0.6 is 11.3 Å². The smallest absolute Gasteiger partial charge is 0.240 e. The number of aryl methyl sites for hydroxylation is 2. The minimum atomic E-state index is -0.0417. The van der Waals surface area contributed by atoms with E-state index in [0.29, 0.717) is 19.7 Å². The number of amides is 1. The molecule has 5 nitrogen and oxygen atoms in total. The number of hydrogen-bond acceptors (Lipinski definition) is 5. The van der Waals surface area contributed by atoms with E-state index >= 15 is 0 Å². The first-order valence-electron chi connectivity index (χ1n) is 6.77. The Morgan fingerprint density at radius 2 is 2.21 bits per heavy atom. The standard InChI is InChI=1S/C13H21N3O2S/c1-18-8-7-14-9-12(17)16-13-15-10-5-3-2-4-6-11(10)19-13/h14H,2-9H2,1H3,(H,15,16,17). The summed E-state index contributed by atoms with van der Waals surface area (Å²) in [6.45, 7) is 1.59. The van der Waals surface area contributed by atoms with Crippen LogP contribution in [0.3, 0.4) is 0 Å². The van der Waals surface area contributed by atoms with Gasteiger partial charge < -0.3 is 15.4 Å². The third-order valence-electron chi connectivity index (χ3n) is 3.11. The van der Waals surface area contributed by atoms with Gasteiger partial charge in [0.25, 0.3) is 0 Å². The molecule has 0 atom stereocenters. The molecular weight excluding hydrogens is 262 g/mol. The summed E-state index contributed by atoms with van der Waals surface area (Å²) < 4.78 is 4.90. The van der Waals surface area contributed by atoms with Gasteiger partial charge in [0.15, 0.2) is 5.13 Å². The van der Waals surface area contributed by atoms with Crippen molar-refractivity contribution in [2.24, 2.45) is 0 Å². The number of anilines is 1. The number of thiazole rings is 1. The number of aromatic nitrogens is 1. The molecule has 0 bridgehead atoms. The van der Waals surface area contributed by atoms with Gasteiger partial charge in [-0.15, -0.1) is 11.3 Å². The molecule has 0 unspecified atom stereocenters. The van der Waals surface area contributed by atoms with Gasteiger partial charge in [-0.2, -0.15) is 0 Å². The molecule has 2 rings (SSSR count). The number of nitrogens with zero attached hydrogens (tertiary/aromatic N) is 1.